The average Bonchev–Trinajstić information content (AvgIpc) is 2.78. The number of carbonyl (C=O) groups excluding carboxylic acids is 1. The number of anilines is 2. The fourth-order valence-electron chi connectivity index (χ4n) is 1.74. The van der Waals surface area contributed by atoms with Gasteiger partial charge >= 0.3 is 0 Å². The molecule has 0 saturated carbocycles. The summed E-state index contributed by atoms with van der Waals surface area (Å²) in [7, 11) is 1.79. The number of aryl methyl sites for hydroxylation is 2. The summed E-state index contributed by atoms with van der Waals surface area (Å²) >= 11 is 0. The lowest BCUT2D eigenvalue weighted by molar-refractivity contribution is -0.116. The average molecular weight is 276 g/mol. The van der Waals surface area contributed by atoms with Gasteiger partial charge in [-0.25, -0.2) is 4.39 Å². The van der Waals surface area contributed by atoms with E-state index in [-0.39, 0.29) is 11.6 Å². The number of nitrogens with one attached hydrogen (secondary N) is 2. The van der Waals surface area contributed by atoms with E-state index >= 15 is 0 Å². The maximum absolute atomic E-state index is 13.7. The SMILES string of the molecule is Cc1ccc(NC(=O)C(C)Nc2ccn(C)n2)c(F)c1. The number of nitrogens with zero attached hydrogens (tertiary/aromatic N) is 2. The second kappa shape index (κ2) is 5.73. The van der Waals surface area contributed by atoms with Crippen molar-refractivity contribution in [1.29, 1.82) is 0 Å². The lowest BCUT2D eigenvalue weighted by Crippen LogP contribution is -2.32. The van der Waals surface area contributed by atoms with Crippen LogP contribution in [0.1, 0.15) is 12.5 Å². The highest BCUT2D eigenvalue weighted by atomic mass is 19.1. The zero-order valence-corrected chi connectivity index (χ0v) is 11.6. The Balaban J connectivity index is 2.00. The van der Waals surface area contributed by atoms with Crippen LogP contribution in [0.5, 0.6) is 0 Å². The van der Waals surface area contributed by atoms with Crippen LogP contribution in [-0.2, 0) is 11.8 Å². The predicted molar refractivity (Wildman–Crippen MR) is 76.1 cm³/mol. The Kier molecular flexibility index (Phi) is 4.02. The molecule has 0 aliphatic carbocycles. The van der Waals surface area contributed by atoms with Gasteiger partial charge in [0.25, 0.3) is 0 Å². The van der Waals surface area contributed by atoms with Crippen LogP contribution in [0.2, 0.25) is 0 Å². The first kappa shape index (κ1) is 14.0. The van der Waals surface area contributed by atoms with Crippen LogP contribution in [0.4, 0.5) is 15.9 Å². The number of rotatable bonds is 4. The van der Waals surface area contributed by atoms with Crippen LogP contribution < -0.4 is 10.6 Å². The van der Waals surface area contributed by atoms with E-state index in [9.17, 15) is 9.18 Å². The first-order chi connectivity index (χ1) is 9.45. The third kappa shape index (κ3) is 3.34. The van der Waals surface area contributed by atoms with Gasteiger partial charge in [-0.05, 0) is 31.5 Å². The summed E-state index contributed by atoms with van der Waals surface area (Å²) in [6, 6.07) is 5.92. The topological polar surface area (TPSA) is 59.0 Å². The molecule has 1 unspecified atom stereocenters. The monoisotopic (exact) mass is 276 g/mol. The lowest BCUT2D eigenvalue weighted by Gasteiger charge is -2.14. The Morgan fingerprint density at radius 2 is 2.15 bits per heavy atom. The van der Waals surface area contributed by atoms with Gasteiger partial charge in [0, 0.05) is 19.3 Å². The maximum Gasteiger partial charge on any atom is 0.246 e. The quantitative estimate of drug-likeness (QED) is 0.901. The van der Waals surface area contributed by atoms with Gasteiger partial charge in [0.15, 0.2) is 0 Å². The number of amides is 1. The Hall–Kier alpha value is -2.37. The Labute approximate surface area is 116 Å². The number of hydrogen-bond acceptors (Lipinski definition) is 3. The first-order valence-electron chi connectivity index (χ1n) is 6.29. The maximum atomic E-state index is 13.7. The van der Waals surface area contributed by atoms with Gasteiger partial charge < -0.3 is 10.6 Å². The van der Waals surface area contributed by atoms with E-state index in [4.69, 9.17) is 0 Å². The highest BCUT2D eigenvalue weighted by molar-refractivity contribution is 5.96. The van der Waals surface area contributed by atoms with Gasteiger partial charge in [-0.3, -0.25) is 9.48 Å². The number of halogens is 1. The molecule has 106 valence electrons. The van der Waals surface area contributed by atoms with Gasteiger partial charge in [0.2, 0.25) is 5.91 Å². The van der Waals surface area contributed by atoms with Gasteiger partial charge in [-0.2, -0.15) is 5.10 Å². The number of hydrogen-bond donors (Lipinski definition) is 2. The third-order valence-electron chi connectivity index (χ3n) is 2.85. The highest BCUT2D eigenvalue weighted by Crippen LogP contribution is 2.15. The first-order valence-corrected chi connectivity index (χ1v) is 6.29. The fourth-order valence-corrected chi connectivity index (χ4v) is 1.74. The standard InChI is InChI=1S/C14H17FN4O/c1-9-4-5-12(11(15)8-9)17-14(20)10(2)16-13-6-7-19(3)18-13/h4-8,10H,1-3H3,(H,16,18)(H,17,20). The van der Waals surface area contributed by atoms with Gasteiger partial charge in [-0.1, -0.05) is 6.07 Å². The van der Waals surface area contributed by atoms with E-state index in [2.05, 4.69) is 15.7 Å². The number of benzene rings is 1. The zero-order valence-electron chi connectivity index (χ0n) is 11.6. The minimum absolute atomic E-state index is 0.176. The van der Waals surface area contributed by atoms with Crippen molar-refractivity contribution in [2.24, 2.45) is 7.05 Å². The Morgan fingerprint density at radius 1 is 1.40 bits per heavy atom. The molecule has 2 aromatic rings. The molecule has 0 spiro atoms. The zero-order chi connectivity index (χ0) is 14.7. The van der Waals surface area contributed by atoms with Crippen molar-refractivity contribution < 1.29 is 9.18 Å². The van der Waals surface area contributed by atoms with Crippen LogP contribution in [0.15, 0.2) is 30.5 Å². The molecule has 1 aromatic carbocycles. The summed E-state index contributed by atoms with van der Waals surface area (Å²) in [6.45, 7) is 3.48. The van der Waals surface area contributed by atoms with Crippen molar-refractivity contribution in [2.75, 3.05) is 10.6 Å². The number of carbonyl (C=O) groups is 1. The summed E-state index contributed by atoms with van der Waals surface area (Å²) in [5.41, 5.74) is 0.982. The second-order valence-corrected chi connectivity index (χ2v) is 4.71. The Bertz CT molecular complexity index is 623. The summed E-state index contributed by atoms with van der Waals surface area (Å²) in [6.07, 6.45) is 1.77. The van der Waals surface area contributed by atoms with E-state index in [0.29, 0.717) is 5.82 Å². The van der Waals surface area contributed by atoms with Crippen molar-refractivity contribution in [3.05, 3.63) is 41.8 Å². The molecule has 20 heavy (non-hydrogen) atoms. The van der Waals surface area contributed by atoms with E-state index in [1.165, 1.54) is 6.07 Å². The van der Waals surface area contributed by atoms with Gasteiger partial charge in [0.05, 0.1) is 5.69 Å². The van der Waals surface area contributed by atoms with Crippen LogP contribution in [0.25, 0.3) is 0 Å². The highest BCUT2D eigenvalue weighted by Gasteiger charge is 2.15. The summed E-state index contributed by atoms with van der Waals surface area (Å²) < 4.78 is 15.3. The minimum atomic E-state index is -0.523. The number of aromatic nitrogens is 2. The van der Waals surface area contributed by atoms with Crippen LogP contribution >= 0.6 is 0 Å². The lowest BCUT2D eigenvalue weighted by atomic mass is 10.2. The van der Waals surface area contributed by atoms with Crippen molar-refractivity contribution in [3.8, 4) is 0 Å². The largest absolute Gasteiger partial charge is 0.357 e. The normalized spacial score (nSPS) is 12.0. The van der Waals surface area contributed by atoms with E-state index in [1.54, 1.807) is 50.0 Å². The Morgan fingerprint density at radius 3 is 2.75 bits per heavy atom. The van der Waals surface area contributed by atoms with Crippen molar-refractivity contribution in [3.63, 3.8) is 0 Å². The van der Waals surface area contributed by atoms with E-state index in [1.807, 2.05) is 0 Å². The smallest absolute Gasteiger partial charge is 0.246 e. The molecule has 2 rings (SSSR count). The third-order valence-corrected chi connectivity index (χ3v) is 2.85. The van der Waals surface area contributed by atoms with Crippen LogP contribution in [0, 0.1) is 12.7 Å². The molecule has 0 radical (unpaired) electrons. The molecule has 0 saturated heterocycles. The predicted octanol–water partition coefficient (Wildman–Crippen LogP) is 2.31. The van der Waals surface area contributed by atoms with Crippen LogP contribution in [-0.4, -0.2) is 21.7 Å². The molecule has 0 fully saturated rings. The molecular formula is C14H17FN4O. The summed E-state index contributed by atoms with van der Waals surface area (Å²) in [5, 5.41) is 9.62. The molecule has 1 heterocycles. The summed E-state index contributed by atoms with van der Waals surface area (Å²) in [5.74, 6) is -0.165. The molecule has 1 aromatic heterocycles. The van der Waals surface area contributed by atoms with E-state index < -0.39 is 11.9 Å². The molecular weight excluding hydrogens is 259 g/mol. The van der Waals surface area contributed by atoms with Crippen molar-refractivity contribution in [1.82, 2.24) is 9.78 Å². The van der Waals surface area contributed by atoms with Gasteiger partial charge in [0.1, 0.15) is 17.7 Å². The molecule has 1 amide bonds. The van der Waals surface area contributed by atoms with Gasteiger partial charge in [-0.15, -0.1) is 0 Å². The molecule has 0 bridgehead atoms. The summed E-state index contributed by atoms with van der Waals surface area (Å²) in [4.78, 5) is 12.0. The molecule has 2 N–H and O–H groups in total. The minimum Gasteiger partial charge on any atom is -0.357 e. The fraction of sp³-hybridized carbons (Fsp3) is 0.286. The molecule has 0 aliphatic rings. The molecule has 5 nitrogen and oxygen atoms in total. The van der Waals surface area contributed by atoms with E-state index in [0.717, 1.165) is 5.56 Å². The molecule has 0 aliphatic heterocycles. The van der Waals surface area contributed by atoms with Crippen LogP contribution in [0.3, 0.4) is 0 Å². The van der Waals surface area contributed by atoms with Crippen molar-refractivity contribution in [2.45, 2.75) is 19.9 Å². The molecule has 1 atom stereocenters. The molecule has 6 heteroatoms. The second-order valence-electron chi connectivity index (χ2n) is 4.71. The van der Waals surface area contributed by atoms with Crippen molar-refractivity contribution >= 4 is 17.4 Å².